The Kier molecular flexibility index (Phi) is 7.00. The lowest BCUT2D eigenvalue weighted by Crippen LogP contribution is -2.37. The molecule has 1 aromatic carbocycles. The van der Waals surface area contributed by atoms with Crippen molar-refractivity contribution in [2.75, 3.05) is 26.2 Å². The van der Waals surface area contributed by atoms with E-state index >= 15 is 0 Å². The van der Waals surface area contributed by atoms with Gasteiger partial charge in [0.2, 0.25) is 5.91 Å². The molecule has 0 atom stereocenters. The van der Waals surface area contributed by atoms with Crippen LogP contribution in [-0.2, 0) is 4.79 Å². The molecule has 0 bridgehead atoms. The van der Waals surface area contributed by atoms with E-state index in [4.69, 9.17) is 0 Å². The first-order valence-corrected chi connectivity index (χ1v) is 10.4. The van der Waals surface area contributed by atoms with Crippen LogP contribution in [0.5, 0.6) is 0 Å². The van der Waals surface area contributed by atoms with Gasteiger partial charge in [-0.15, -0.1) is 12.6 Å². The van der Waals surface area contributed by atoms with Crippen molar-refractivity contribution in [3.05, 3.63) is 29.8 Å². The van der Waals surface area contributed by atoms with E-state index in [-0.39, 0.29) is 11.8 Å². The number of amides is 2. The Bertz CT molecular complexity index is 628. The van der Waals surface area contributed by atoms with Gasteiger partial charge in [0.05, 0.1) is 5.56 Å². The average Bonchev–Trinajstić information content (AvgIpc) is 2.93. The molecule has 5 heteroatoms. The van der Waals surface area contributed by atoms with Gasteiger partial charge < -0.3 is 9.80 Å². The highest BCUT2D eigenvalue weighted by Crippen LogP contribution is 2.27. The molecule has 3 rings (SSSR count). The maximum Gasteiger partial charge on any atom is 0.255 e. The minimum absolute atomic E-state index is 0.0205. The van der Waals surface area contributed by atoms with Crippen LogP contribution in [0.15, 0.2) is 29.2 Å². The van der Waals surface area contributed by atoms with Crippen molar-refractivity contribution in [2.24, 2.45) is 5.92 Å². The Morgan fingerprint density at radius 3 is 2.38 bits per heavy atom. The Balaban J connectivity index is 1.50. The Morgan fingerprint density at radius 2 is 1.62 bits per heavy atom. The highest BCUT2D eigenvalue weighted by molar-refractivity contribution is 7.80. The summed E-state index contributed by atoms with van der Waals surface area (Å²) in [6.07, 6.45) is 9.13. The van der Waals surface area contributed by atoms with E-state index < -0.39 is 0 Å². The number of carbonyl (C=O) groups excluding carboxylic acids is 2. The van der Waals surface area contributed by atoms with Gasteiger partial charge in [-0.3, -0.25) is 9.59 Å². The van der Waals surface area contributed by atoms with E-state index in [9.17, 15) is 9.59 Å². The van der Waals surface area contributed by atoms with Crippen molar-refractivity contribution < 1.29 is 9.59 Å². The van der Waals surface area contributed by atoms with Crippen LogP contribution in [0.4, 0.5) is 0 Å². The van der Waals surface area contributed by atoms with Crippen molar-refractivity contribution in [3.8, 4) is 0 Å². The number of nitrogens with zero attached hydrogens (tertiary/aromatic N) is 2. The first-order valence-electron chi connectivity index (χ1n) is 10.00. The predicted molar refractivity (Wildman–Crippen MR) is 107 cm³/mol. The fourth-order valence-electron chi connectivity index (χ4n) is 4.16. The lowest BCUT2D eigenvalue weighted by Gasteiger charge is -2.25. The molecule has 0 unspecified atom stereocenters. The summed E-state index contributed by atoms with van der Waals surface area (Å²) in [4.78, 5) is 29.9. The Hall–Kier alpha value is -1.49. The van der Waals surface area contributed by atoms with E-state index in [1.54, 1.807) is 0 Å². The summed E-state index contributed by atoms with van der Waals surface area (Å²) in [6.45, 7) is 2.71. The molecule has 2 aliphatic rings. The van der Waals surface area contributed by atoms with Crippen LogP contribution in [0.3, 0.4) is 0 Å². The summed E-state index contributed by atoms with van der Waals surface area (Å²) in [5.74, 6) is 1.02. The zero-order valence-electron chi connectivity index (χ0n) is 15.5. The second-order valence-electron chi connectivity index (χ2n) is 7.59. The quantitative estimate of drug-likeness (QED) is 0.809. The van der Waals surface area contributed by atoms with Crippen LogP contribution in [0.2, 0.25) is 0 Å². The predicted octanol–water partition coefficient (Wildman–Crippen LogP) is 4.01. The van der Waals surface area contributed by atoms with Crippen LogP contribution in [0, 0.1) is 5.92 Å². The zero-order chi connectivity index (χ0) is 18.4. The summed E-state index contributed by atoms with van der Waals surface area (Å²) in [5, 5.41) is 0. The van der Waals surface area contributed by atoms with Crippen molar-refractivity contribution in [2.45, 2.75) is 56.3 Å². The van der Waals surface area contributed by atoms with Crippen LogP contribution >= 0.6 is 12.6 Å². The highest BCUT2D eigenvalue weighted by atomic mass is 32.1. The van der Waals surface area contributed by atoms with Gasteiger partial charge in [0.1, 0.15) is 0 Å². The molecule has 4 nitrogen and oxygen atoms in total. The number of hydrogen-bond acceptors (Lipinski definition) is 3. The summed E-state index contributed by atoms with van der Waals surface area (Å²) < 4.78 is 0. The van der Waals surface area contributed by atoms with Crippen LogP contribution in [-0.4, -0.2) is 47.8 Å². The van der Waals surface area contributed by atoms with Crippen molar-refractivity contribution >= 4 is 24.4 Å². The van der Waals surface area contributed by atoms with Gasteiger partial charge in [-0.25, -0.2) is 0 Å². The molecule has 2 amide bonds. The molecule has 0 N–H and O–H groups in total. The Labute approximate surface area is 162 Å². The third-order valence-electron chi connectivity index (χ3n) is 5.76. The average molecular weight is 375 g/mol. The fourth-order valence-corrected chi connectivity index (χ4v) is 4.41. The van der Waals surface area contributed by atoms with Crippen LogP contribution in [0.1, 0.15) is 61.7 Å². The number of thiol groups is 1. The van der Waals surface area contributed by atoms with E-state index in [2.05, 4.69) is 12.6 Å². The zero-order valence-corrected chi connectivity index (χ0v) is 16.4. The highest BCUT2D eigenvalue weighted by Gasteiger charge is 2.24. The monoisotopic (exact) mass is 374 g/mol. The van der Waals surface area contributed by atoms with E-state index in [0.717, 1.165) is 25.3 Å². The lowest BCUT2D eigenvalue weighted by molar-refractivity contribution is -0.131. The summed E-state index contributed by atoms with van der Waals surface area (Å²) in [6, 6.07) is 7.41. The van der Waals surface area contributed by atoms with Gasteiger partial charge in [-0.1, -0.05) is 44.2 Å². The maximum atomic E-state index is 12.8. The fraction of sp³-hybridized carbons (Fsp3) is 0.619. The normalized spacial score (nSPS) is 19.3. The molecular formula is C21H30N2O2S. The van der Waals surface area contributed by atoms with Gasteiger partial charge in [0.25, 0.3) is 5.91 Å². The van der Waals surface area contributed by atoms with Gasteiger partial charge in [-0.05, 0) is 30.9 Å². The van der Waals surface area contributed by atoms with Gasteiger partial charge >= 0.3 is 0 Å². The molecule has 1 saturated heterocycles. The minimum Gasteiger partial charge on any atom is -0.341 e. The molecule has 1 aromatic rings. The molecule has 0 aromatic heterocycles. The molecule has 1 saturated carbocycles. The minimum atomic E-state index is 0.0205. The summed E-state index contributed by atoms with van der Waals surface area (Å²) in [5.41, 5.74) is 0.646. The molecule has 26 heavy (non-hydrogen) atoms. The van der Waals surface area contributed by atoms with Gasteiger partial charge in [0.15, 0.2) is 0 Å². The molecule has 142 valence electrons. The van der Waals surface area contributed by atoms with Crippen LogP contribution < -0.4 is 0 Å². The smallest absolute Gasteiger partial charge is 0.255 e. The number of carbonyl (C=O) groups is 2. The van der Waals surface area contributed by atoms with Crippen LogP contribution in [0.25, 0.3) is 0 Å². The number of rotatable bonds is 4. The van der Waals surface area contributed by atoms with Crippen molar-refractivity contribution in [1.29, 1.82) is 0 Å². The Morgan fingerprint density at radius 1 is 0.923 bits per heavy atom. The third-order valence-corrected chi connectivity index (χ3v) is 6.15. The van der Waals surface area contributed by atoms with Crippen molar-refractivity contribution in [1.82, 2.24) is 9.80 Å². The molecule has 1 heterocycles. The molecule has 0 spiro atoms. The molecule has 1 aliphatic heterocycles. The first kappa shape index (κ1) is 19.3. The number of benzene rings is 1. The molecular weight excluding hydrogens is 344 g/mol. The van der Waals surface area contributed by atoms with Crippen molar-refractivity contribution in [3.63, 3.8) is 0 Å². The summed E-state index contributed by atoms with van der Waals surface area (Å²) >= 11 is 4.40. The van der Waals surface area contributed by atoms with E-state index in [0.29, 0.717) is 36.5 Å². The molecule has 2 fully saturated rings. The second-order valence-corrected chi connectivity index (χ2v) is 8.07. The number of hydrogen-bond donors (Lipinski definition) is 1. The molecule has 0 radical (unpaired) electrons. The molecule has 1 aliphatic carbocycles. The third kappa shape index (κ3) is 5.03. The van der Waals surface area contributed by atoms with E-state index in [1.807, 2.05) is 34.1 Å². The standard InChI is InChI=1S/C21H30N2O2S/c24-20(12-11-17-7-2-1-3-8-17)22-13-6-14-23(16-15-22)21(25)18-9-4-5-10-19(18)26/h4-5,9-10,17,26H,1-3,6-8,11-16H2. The van der Waals surface area contributed by atoms with Gasteiger partial charge in [0, 0.05) is 37.5 Å². The lowest BCUT2D eigenvalue weighted by atomic mass is 9.86. The van der Waals surface area contributed by atoms with Gasteiger partial charge in [-0.2, -0.15) is 0 Å². The maximum absolute atomic E-state index is 12.8. The summed E-state index contributed by atoms with van der Waals surface area (Å²) in [7, 11) is 0. The largest absolute Gasteiger partial charge is 0.341 e. The second kappa shape index (κ2) is 9.45. The van der Waals surface area contributed by atoms with E-state index in [1.165, 1.54) is 32.1 Å². The SMILES string of the molecule is O=C(CCC1CCCCC1)N1CCCN(C(=O)c2ccccc2S)CC1. The first-order chi connectivity index (χ1) is 12.6. The topological polar surface area (TPSA) is 40.6 Å².